The van der Waals surface area contributed by atoms with Gasteiger partial charge in [-0.3, -0.25) is 0 Å². The minimum atomic E-state index is -0.648. The molecule has 0 aromatic rings. The zero-order valence-electron chi connectivity index (χ0n) is 16.5. The van der Waals surface area contributed by atoms with Gasteiger partial charge < -0.3 is 38.9 Å². The maximum Gasteiger partial charge on any atom is 0.404 e. The lowest BCUT2D eigenvalue weighted by Crippen LogP contribution is -3.00. The monoisotopic (exact) mass is 456 g/mol. The Bertz CT molecular complexity index is 275. The van der Waals surface area contributed by atoms with E-state index in [-0.39, 0.29) is 24.0 Å². The third kappa shape index (κ3) is 11.5. The summed E-state index contributed by atoms with van der Waals surface area (Å²) in [4.78, 5) is 11.0. The Balaban J connectivity index is 0. The Hall–Kier alpha value is -0.0400. The molecule has 1 amide bonds. The number of amides is 1. The molecule has 24 heavy (non-hydrogen) atoms. The van der Waals surface area contributed by atoms with Crippen LogP contribution in [0.3, 0.4) is 0 Å². The van der Waals surface area contributed by atoms with Gasteiger partial charge >= 0.3 is 6.09 Å². The molecule has 0 heterocycles. The number of rotatable bonds is 15. The summed E-state index contributed by atoms with van der Waals surface area (Å²) in [5.74, 6) is 0. The predicted octanol–water partition coefficient (Wildman–Crippen LogP) is 1.86. The molecular formula is C19H41IN2O2. The normalized spacial score (nSPS) is 12.5. The number of hydrogen-bond donors (Lipinski definition) is 1. The molecule has 0 aliphatic heterocycles. The van der Waals surface area contributed by atoms with E-state index < -0.39 is 6.09 Å². The summed E-state index contributed by atoms with van der Waals surface area (Å²) < 4.78 is 6.24. The number of ether oxygens (including phenoxy) is 1. The molecule has 0 rings (SSSR count). The molecule has 0 aromatic carbocycles. The highest BCUT2D eigenvalue weighted by Gasteiger charge is 2.33. The van der Waals surface area contributed by atoms with Gasteiger partial charge in [0, 0.05) is 0 Å². The van der Waals surface area contributed by atoms with E-state index in [0.29, 0.717) is 12.6 Å². The van der Waals surface area contributed by atoms with Crippen molar-refractivity contribution in [1.82, 2.24) is 0 Å². The summed E-state index contributed by atoms with van der Waals surface area (Å²) in [6.45, 7) is 13.0. The zero-order valence-corrected chi connectivity index (χ0v) is 18.6. The number of carbonyl (C=O) groups is 1. The van der Waals surface area contributed by atoms with Crippen molar-refractivity contribution in [2.24, 2.45) is 5.73 Å². The van der Waals surface area contributed by atoms with Crippen molar-refractivity contribution in [3.63, 3.8) is 0 Å². The van der Waals surface area contributed by atoms with E-state index in [4.69, 9.17) is 10.5 Å². The van der Waals surface area contributed by atoms with Crippen molar-refractivity contribution in [3.8, 4) is 0 Å². The van der Waals surface area contributed by atoms with Crippen molar-refractivity contribution in [1.29, 1.82) is 0 Å². The van der Waals surface area contributed by atoms with Crippen LogP contribution < -0.4 is 29.7 Å². The van der Waals surface area contributed by atoms with Crippen molar-refractivity contribution in [3.05, 3.63) is 0 Å². The molecule has 0 radical (unpaired) electrons. The van der Waals surface area contributed by atoms with Gasteiger partial charge in [0.25, 0.3) is 0 Å². The molecule has 0 saturated carbocycles. The first-order chi connectivity index (χ1) is 11.0. The van der Waals surface area contributed by atoms with Gasteiger partial charge in [-0.05, 0) is 45.4 Å². The number of carbonyl (C=O) groups excluding carboxylic acids is 1. The second kappa shape index (κ2) is 16.4. The molecule has 4 nitrogen and oxygen atoms in total. The summed E-state index contributed by atoms with van der Waals surface area (Å²) in [5.41, 5.74) is 5.18. The molecule has 0 saturated heterocycles. The number of hydrogen-bond acceptors (Lipinski definition) is 2. The Morgan fingerprint density at radius 2 is 1.25 bits per heavy atom. The van der Waals surface area contributed by atoms with E-state index in [0.717, 1.165) is 4.48 Å². The third-order valence-electron chi connectivity index (χ3n) is 5.02. The van der Waals surface area contributed by atoms with Crippen molar-refractivity contribution in [2.45, 2.75) is 91.5 Å². The average molecular weight is 456 g/mol. The van der Waals surface area contributed by atoms with Gasteiger partial charge in [0.05, 0.1) is 19.6 Å². The first kappa shape index (κ1) is 26.2. The smallest absolute Gasteiger partial charge is 0.404 e. The number of unbranched alkanes of at least 4 members (excludes halogenated alkanes) is 6. The standard InChI is InChI=1S/C19H40N2O2.HI/c1-5-8-11-14-21(15-12-9-6-2,16-13-10-7-3)18(4)17-23-19(20)22;/h18H,5-17H2,1-4H3,(H-,20,22);1H. The van der Waals surface area contributed by atoms with E-state index in [1.165, 1.54) is 77.4 Å². The van der Waals surface area contributed by atoms with Crippen LogP contribution in [0.15, 0.2) is 0 Å². The van der Waals surface area contributed by atoms with Crippen molar-refractivity contribution in [2.75, 3.05) is 26.2 Å². The van der Waals surface area contributed by atoms with Crippen LogP contribution in [0.2, 0.25) is 0 Å². The van der Waals surface area contributed by atoms with Gasteiger partial charge in [-0.15, -0.1) is 0 Å². The molecule has 0 spiro atoms. The minimum Gasteiger partial charge on any atom is -1.00 e. The molecule has 0 bridgehead atoms. The van der Waals surface area contributed by atoms with E-state index >= 15 is 0 Å². The Morgan fingerprint density at radius 3 is 1.54 bits per heavy atom. The Kier molecular flexibility index (Phi) is 17.9. The van der Waals surface area contributed by atoms with E-state index in [2.05, 4.69) is 27.7 Å². The van der Waals surface area contributed by atoms with Crippen LogP contribution in [0, 0.1) is 0 Å². The Morgan fingerprint density at radius 1 is 0.875 bits per heavy atom. The molecule has 0 aliphatic carbocycles. The average Bonchev–Trinajstić information content (AvgIpc) is 2.52. The lowest BCUT2D eigenvalue weighted by molar-refractivity contribution is -0.950. The molecule has 0 aromatic heterocycles. The first-order valence-corrected chi connectivity index (χ1v) is 9.80. The SMILES string of the molecule is CCCCC[N+](CCCCC)(CCCCC)C(C)COC(N)=O.[I-]. The minimum absolute atomic E-state index is 0. The molecular weight excluding hydrogens is 415 g/mol. The summed E-state index contributed by atoms with van der Waals surface area (Å²) in [6.07, 6.45) is 10.7. The quantitative estimate of drug-likeness (QED) is 0.232. The highest BCUT2D eigenvalue weighted by atomic mass is 127. The topological polar surface area (TPSA) is 52.3 Å². The predicted molar refractivity (Wildman–Crippen MR) is 98.4 cm³/mol. The van der Waals surface area contributed by atoms with Gasteiger partial charge in [0.1, 0.15) is 12.6 Å². The number of nitrogens with two attached hydrogens (primary N) is 1. The summed E-state index contributed by atoms with van der Waals surface area (Å²) in [7, 11) is 0. The van der Waals surface area contributed by atoms with Crippen molar-refractivity contribution >= 4 is 6.09 Å². The second-order valence-corrected chi connectivity index (χ2v) is 6.99. The Labute approximate surface area is 167 Å². The van der Waals surface area contributed by atoms with Crippen molar-refractivity contribution < 1.29 is 38.0 Å². The number of primary amides is 1. The molecule has 5 heteroatoms. The van der Waals surface area contributed by atoms with E-state index in [1.54, 1.807) is 0 Å². The molecule has 1 atom stereocenters. The van der Waals surface area contributed by atoms with Gasteiger partial charge in [0.2, 0.25) is 0 Å². The maximum absolute atomic E-state index is 11.0. The molecule has 0 aliphatic rings. The van der Waals surface area contributed by atoms with Crippen LogP contribution in [0.5, 0.6) is 0 Å². The zero-order chi connectivity index (χ0) is 17.6. The highest BCUT2D eigenvalue weighted by Crippen LogP contribution is 2.21. The summed E-state index contributed by atoms with van der Waals surface area (Å²) in [6, 6.07) is 0.327. The number of nitrogens with zero attached hydrogens (tertiary/aromatic N) is 1. The van der Waals surface area contributed by atoms with Crippen LogP contribution in [0.1, 0.15) is 85.5 Å². The van der Waals surface area contributed by atoms with Gasteiger partial charge in [-0.2, -0.15) is 0 Å². The second-order valence-electron chi connectivity index (χ2n) is 6.99. The van der Waals surface area contributed by atoms with E-state index in [9.17, 15) is 4.79 Å². The van der Waals surface area contributed by atoms with Crippen LogP contribution in [0.4, 0.5) is 4.79 Å². The summed E-state index contributed by atoms with van der Waals surface area (Å²) in [5, 5.41) is 0. The van der Waals surface area contributed by atoms with Gasteiger partial charge in [-0.1, -0.05) is 40.0 Å². The fourth-order valence-corrected chi connectivity index (χ4v) is 3.39. The van der Waals surface area contributed by atoms with Crippen LogP contribution >= 0.6 is 0 Å². The largest absolute Gasteiger partial charge is 1.00 e. The number of quaternary nitrogens is 1. The summed E-state index contributed by atoms with van der Waals surface area (Å²) >= 11 is 0. The number of halogens is 1. The lowest BCUT2D eigenvalue weighted by atomic mass is 10.1. The van der Waals surface area contributed by atoms with Crippen LogP contribution in [0.25, 0.3) is 0 Å². The van der Waals surface area contributed by atoms with Crippen LogP contribution in [-0.2, 0) is 4.74 Å². The molecule has 2 N–H and O–H groups in total. The fraction of sp³-hybridized carbons (Fsp3) is 0.947. The molecule has 146 valence electrons. The van der Waals surface area contributed by atoms with E-state index in [1.807, 2.05) is 0 Å². The molecule has 0 fully saturated rings. The lowest BCUT2D eigenvalue weighted by Gasteiger charge is -2.44. The molecule has 1 unspecified atom stereocenters. The maximum atomic E-state index is 11.0. The highest BCUT2D eigenvalue weighted by molar-refractivity contribution is 5.64. The van der Waals surface area contributed by atoms with Gasteiger partial charge in [-0.25, -0.2) is 4.79 Å². The van der Waals surface area contributed by atoms with Gasteiger partial charge in [0.15, 0.2) is 0 Å². The fourth-order valence-electron chi connectivity index (χ4n) is 3.39. The third-order valence-corrected chi connectivity index (χ3v) is 5.02. The first-order valence-electron chi connectivity index (χ1n) is 9.80. The van der Waals surface area contributed by atoms with Crippen LogP contribution in [-0.4, -0.2) is 42.9 Å².